The van der Waals surface area contributed by atoms with Gasteiger partial charge in [-0.3, -0.25) is 18.7 Å². The van der Waals surface area contributed by atoms with Gasteiger partial charge in [0.1, 0.15) is 5.56 Å². The first-order valence-electron chi connectivity index (χ1n) is 5.77. The van der Waals surface area contributed by atoms with Crippen molar-refractivity contribution in [1.29, 1.82) is 0 Å². The van der Waals surface area contributed by atoms with Gasteiger partial charge < -0.3 is 0 Å². The van der Waals surface area contributed by atoms with E-state index in [0.29, 0.717) is 17.3 Å². The highest BCUT2D eigenvalue weighted by Crippen LogP contribution is 2.12. The van der Waals surface area contributed by atoms with Gasteiger partial charge in [-0.15, -0.1) is 0 Å². The quantitative estimate of drug-likeness (QED) is 0.629. The van der Waals surface area contributed by atoms with Crippen LogP contribution in [-0.2, 0) is 5.33 Å². The van der Waals surface area contributed by atoms with Gasteiger partial charge in [0.25, 0.3) is 5.56 Å². The lowest BCUT2D eigenvalue weighted by molar-refractivity contribution is 0.111. The fourth-order valence-corrected chi connectivity index (χ4v) is 2.52. The standard InChI is InChI=1S/C12H17BrN2O3/c1-7(2)14-10(5-13)9(6-16)11(17)15(8(3)4)12(14)18/h6-8H,5H2,1-4H3. The molecular weight excluding hydrogens is 300 g/mol. The van der Waals surface area contributed by atoms with Crippen LogP contribution in [0.1, 0.15) is 55.8 Å². The molecule has 0 bridgehead atoms. The Morgan fingerprint density at radius 3 is 1.94 bits per heavy atom. The Bertz CT molecular complexity index is 570. The van der Waals surface area contributed by atoms with Gasteiger partial charge in [0, 0.05) is 23.1 Å². The topological polar surface area (TPSA) is 61.1 Å². The van der Waals surface area contributed by atoms with Crippen LogP contribution < -0.4 is 11.2 Å². The summed E-state index contributed by atoms with van der Waals surface area (Å²) in [4.78, 5) is 35.5. The molecule has 0 aromatic carbocycles. The van der Waals surface area contributed by atoms with E-state index in [9.17, 15) is 14.4 Å². The Morgan fingerprint density at radius 1 is 1.11 bits per heavy atom. The normalized spacial score (nSPS) is 11.3. The Balaban J connectivity index is 3.93. The minimum Gasteiger partial charge on any atom is -0.298 e. The number of hydrogen-bond acceptors (Lipinski definition) is 3. The highest BCUT2D eigenvalue weighted by molar-refractivity contribution is 9.08. The summed E-state index contributed by atoms with van der Waals surface area (Å²) in [7, 11) is 0. The fourth-order valence-electron chi connectivity index (χ4n) is 1.94. The number of rotatable bonds is 4. The first-order chi connectivity index (χ1) is 8.36. The second-order valence-corrected chi connectivity index (χ2v) is 5.19. The first kappa shape index (κ1) is 14.9. The highest BCUT2D eigenvalue weighted by atomic mass is 79.9. The number of hydrogen-bond donors (Lipinski definition) is 0. The van der Waals surface area contributed by atoms with Gasteiger partial charge in [0.05, 0.1) is 0 Å². The van der Waals surface area contributed by atoms with Gasteiger partial charge in [0.2, 0.25) is 0 Å². The van der Waals surface area contributed by atoms with E-state index >= 15 is 0 Å². The van der Waals surface area contributed by atoms with Crippen LogP contribution in [0.15, 0.2) is 9.59 Å². The van der Waals surface area contributed by atoms with Crippen LogP contribution in [0.4, 0.5) is 0 Å². The van der Waals surface area contributed by atoms with Gasteiger partial charge in [-0.05, 0) is 27.7 Å². The number of carbonyl (C=O) groups excluding carboxylic acids is 1. The van der Waals surface area contributed by atoms with E-state index in [1.807, 2.05) is 13.8 Å². The summed E-state index contributed by atoms with van der Waals surface area (Å²) in [5.41, 5.74) is -0.401. The minimum absolute atomic E-state index is 0.0499. The average molecular weight is 317 g/mol. The Kier molecular flexibility index (Phi) is 4.67. The number of halogens is 1. The lowest BCUT2D eigenvalue weighted by Crippen LogP contribution is -2.45. The fraction of sp³-hybridized carbons (Fsp3) is 0.583. The monoisotopic (exact) mass is 316 g/mol. The molecule has 0 aliphatic rings. The Hall–Kier alpha value is -1.17. The third kappa shape index (κ3) is 2.34. The van der Waals surface area contributed by atoms with Crippen molar-refractivity contribution in [2.24, 2.45) is 0 Å². The third-order valence-corrected chi connectivity index (χ3v) is 3.27. The van der Waals surface area contributed by atoms with Crippen molar-refractivity contribution in [1.82, 2.24) is 9.13 Å². The zero-order chi connectivity index (χ0) is 14.0. The van der Waals surface area contributed by atoms with Gasteiger partial charge in [-0.1, -0.05) is 15.9 Å². The maximum atomic E-state index is 12.3. The predicted molar refractivity (Wildman–Crippen MR) is 73.8 cm³/mol. The summed E-state index contributed by atoms with van der Waals surface area (Å²) in [5.74, 6) is 0. The SMILES string of the molecule is CC(C)n1c(CBr)c(C=O)c(=O)n(C(C)C)c1=O. The number of aromatic nitrogens is 2. The second kappa shape index (κ2) is 5.65. The van der Waals surface area contributed by atoms with Crippen LogP contribution in [0.5, 0.6) is 0 Å². The second-order valence-electron chi connectivity index (χ2n) is 4.63. The number of nitrogens with zero attached hydrogens (tertiary/aromatic N) is 2. The molecule has 0 fully saturated rings. The number of carbonyl (C=O) groups is 1. The van der Waals surface area contributed by atoms with Crippen molar-refractivity contribution in [3.05, 3.63) is 32.1 Å². The summed E-state index contributed by atoms with van der Waals surface area (Å²) in [5, 5.41) is 0.294. The highest BCUT2D eigenvalue weighted by Gasteiger charge is 2.20. The maximum Gasteiger partial charge on any atom is 0.331 e. The minimum atomic E-state index is -0.517. The van der Waals surface area contributed by atoms with Crippen LogP contribution >= 0.6 is 15.9 Å². The lowest BCUT2D eigenvalue weighted by Gasteiger charge is -2.20. The van der Waals surface area contributed by atoms with E-state index in [1.54, 1.807) is 13.8 Å². The molecule has 0 N–H and O–H groups in total. The molecule has 0 amide bonds. The molecule has 0 spiro atoms. The summed E-state index contributed by atoms with van der Waals surface area (Å²) in [6, 6.07) is -0.396. The molecule has 0 unspecified atom stereocenters. The van der Waals surface area contributed by atoms with Crippen LogP contribution in [-0.4, -0.2) is 15.4 Å². The summed E-state index contributed by atoms with van der Waals surface area (Å²) in [6.45, 7) is 7.18. The molecule has 1 aromatic rings. The summed E-state index contributed by atoms with van der Waals surface area (Å²) in [6.07, 6.45) is 0.524. The number of alkyl halides is 1. The molecule has 0 aliphatic carbocycles. The van der Waals surface area contributed by atoms with Crippen molar-refractivity contribution in [3.63, 3.8) is 0 Å². The van der Waals surface area contributed by atoms with Crippen molar-refractivity contribution in [3.8, 4) is 0 Å². The molecule has 0 aliphatic heterocycles. The smallest absolute Gasteiger partial charge is 0.298 e. The van der Waals surface area contributed by atoms with E-state index in [4.69, 9.17) is 0 Å². The van der Waals surface area contributed by atoms with E-state index in [1.165, 1.54) is 4.57 Å². The summed E-state index contributed by atoms with van der Waals surface area (Å²) >= 11 is 3.23. The molecule has 0 atom stereocenters. The third-order valence-electron chi connectivity index (χ3n) is 2.74. The average Bonchev–Trinajstić information content (AvgIpc) is 2.26. The zero-order valence-corrected chi connectivity index (χ0v) is 12.5. The Labute approximate surface area is 114 Å². The predicted octanol–water partition coefficient (Wildman–Crippen LogP) is 1.88. The molecule has 100 valence electrons. The largest absolute Gasteiger partial charge is 0.331 e. The summed E-state index contributed by atoms with van der Waals surface area (Å²) < 4.78 is 2.61. The van der Waals surface area contributed by atoms with Crippen molar-refractivity contribution < 1.29 is 4.79 Å². The zero-order valence-electron chi connectivity index (χ0n) is 10.9. The van der Waals surface area contributed by atoms with Crippen molar-refractivity contribution in [2.75, 3.05) is 0 Å². The van der Waals surface area contributed by atoms with Crippen LogP contribution in [0.2, 0.25) is 0 Å². The molecule has 0 saturated carbocycles. The van der Waals surface area contributed by atoms with E-state index in [-0.39, 0.29) is 23.3 Å². The van der Waals surface area contributed by atoms with E-state index < -0.39 is 5.56 Å². The van der Waals surface area contributed by atoms with Crippen molar-refractivity contribution >= 4 is 22.2 Å². The van der Waals surface area contributed by atoms with Crippen LogP contribution in [0.3, 0.4) is 0 Å². The molecule has 1 rings (SSSR count). The molecule has 18 heavy (non-hydrogen) atoms. The molecule has 6 heteroatoms. The van der Waals surface area contributed by atoms with Crippen LogP contribution in [0, 0.1) is 0 Å². The number of aldehydes is 1. The van der Waals surface area contributed by atoms with Gasteiger partial charge in [0.15, 0.2) is 6.29 Å². The molecule has 0 saturated heterocycles. The van der Waals surface area contributed by atoms with Gasteiger partial charge in [-0.2, -0.15) is 0 Å². The van der Waals surface area contributed by atoms with Crippen molar-refractivity contribution in [2.45, 2.75) is 45.1 Å². The van der Waals surface area contributed by atoms with Gasteiger partial charge in [-0.25, -0.2) is 4.79 Å². The van der Waals surface area contributed by atoms with E-state index in [2.05, 4.69) is 15.9 Å². The molecule has 1 heterocycles. The Morgan fingerprint density at radius 2 is 1.61 bits per heavy atom. The molecule has 0 radical (unpaired) electrons. The first-order valence-corrected chi connectivity index (χ1v) is 6.90. The molecule has 5 nitrogen and oxygen atoms in total. The van der Waals surface area contributed by atoms with Crippen LogP contribution in [0.25, 0.3) is 0 Å². The van der Waals surface area contributed by atoms with Gasteiger partial charge >= 0.3 is 5.69 Å². The lowest BCUT2D eigenvalue weighted by atomic mass is 10.2. The maximum absolute atomic E-state index is 12.3. The van der Waals surface area contributed by atoms with E-state index in [0.717, 1.165) is 4.57 Å². The molecule has 1 aromatic heterocycles. The molecular formula is C12H17BrN2O3.